The van der Waals surface area contributed by atoms with Gasteiger partial charge in [-0.1, -0.05) is 30.3 Å². The number of hydrogen-bond donors (Lipinski definition) is 1. The smallest absolute Gasteiger partial charge is 0.371 e. The first-order chi connectivity index (χ1) is 11.5. The lowest BCUT2D eigenvalue weighted by atomic mass is 10.0. The van der Waals surface area contributed by atoms with E-state index in [2.05, 4.69) is 22.3 Å². The first-order valence-corrected chi connectivity index (χ1v) is 8.13. The average molecular weight is 333 g/mol. The van der Waals surface area contributed by atoms with E-state index in [9.17, 15) is 13.2 Å². The molecule has 0 bridgehead atoms. The molecule has 1 aliphatic rings. The number of nitrogens with zero attached hydrogens (tertiary/aromatic N) is 1. The van der Waals surface area contributed by atoms with Crippen LogP contribution in [0.1, 0.15) is 24.0 Å². The molecule has 1 aliphatic heterocycles. The SMILES string of the molecule is FC(F)(F)c1ccc(CNC2CCN(c3[c]cccc3)CC2)cc1. The van der Waals surface area contributed by atoms with Gasteiger partial charge in [0.1, 0.15) is 0 Å². The summed E-state index contributed by atoms with van der Waals surface area (Å²) < 4.78 is 37.7. The van der Waals surface area contributed by atoms with E-state index in [0.717, 1.165) is 49.3 Å². The summed E-state index contributed by atoms with van der Waals surface area (Å²) in [6.45, 7) is 2.52. The Morgan fingerprint density at radius 3 is 2.33 bits per heavy atom. The lowest BCUT2D eigenvalue weighted by Crippen LogP contribution is -2.42. The molecule has 0 amide bonds. The molecule has 0 aromatic heterocycles. The van der Waals surface area contributed by atoms with Crippen molar-refractivity contribution in [3.63, 3.8) is 0 Å². The van der Waals surface area contributed by atoms with Crippen LogP contribution in [0.25, 0.3) is 0 Å². The van der Waals surface area contributed by atoms with Gasteiger partial charge in [0.15, 0.2) is 0 Å². The third-order valence-electron chi connectivity index (χ3n) is 4.40. The molecular formula is C19H20F3N2. The number of alkyl halides is 3. The van der Waals surface area contributed by atoms with Crippen LogP contribution < -0.4 is 10.2 Å². The molecule has 5 heteroatoms. The zero-order valence-electron chi connectivity index (χ0n) is 13.3. The van der Waals surface area contributed by atoms with Gasteiger partial charge < -0.3 is 10.2 Å². The highest BCUT2D eigenvalue weighted by molar-refractivity contribution is 5.45. The molecule has 0 aliphatic carbocycles. The van der Waals surface area contributed by atoms with E-state index < -0.39 is 11.7 Å². The number of benzene rings is 2. The van der Waals surface area contributed by atoms with Crippen molar-refractivity contribution in [3.05, 3.63) is 65.7 Å². The second-order valence-corrected chi connectivity index (χ2v) is 6.08. The number of nitrogens with one attached hydrogen (secondary N) is 1. The number of rotatable bonds is 4. The fraction of sp³-hybridized carbons (Fsp3) is 0.368. The maximum absolute atomic E-state index is 12.6. The Bertz CT molecular complexity index is 630. The van der Waals surface area contributed by atoms with Crippen LogP contribution in [-0.4, -0.2) is 19.1 Å². The van der Waals surface area contributed by atoms with Crippen molar-refractivity contribution in [3.8, 4) is 0 Å². The average Bonchev–Trinajstić information content (AvgIpc) is 2.61. The van der Waals surface area contributed by atoms with Crippen LogP contribution in [0.15, 0.2) is 48.5 Å². The van der Waals surface area contributed by atoms with E-state index in [1.54, 1.807) is 12.1 Å². The Labute approximate surface area is 140 Å². The van der Waals surface area contributed by atoms with Gasteiger partial charge in [0, 0.05) is 37.4 Å². The molecule has 0 saturated carbocycles. The highest BCUT2D eigenvalue weighted by Crippen LogP contribution is 2.29. The Kier molecular flexibility index (Phi) is 5.09. The van der Waals surface area contributed by atoms with E-state index in [1.165, 1.54) is 0 Å². The van der Waals surface area contributed by atoms with Crippen molar-refractivity contribution in [1.29, 1.82) is 0 Å². The van der Waals surface area contributed by atoms with Gasteiger partial charge in [-0.05, 0) is 36.6 Å². The minimum Gasteiger partial charge on any atom is -0.371 e. The molecule has 2 aromatic rings. The highest BCUT2D eigenvalue weighted by atomic mass is 19.4. The van der Waals surface area contributed by atoms with Gasteiger partial charge in [-0.3, -0.25) is 0 Å². The van der Waals surface area contributed by atoms with Crippen LogP contribution >= 0.6 is 0 Å². The predicted molar refractivity (Wildman–Crippen MR) is 88.8 cm³/mol. The molecule has 24 heavy (non-hydrogen) atoms. The molecule has 0 spiro atoms. The molecule has 1 saturated heterocycles. The van der Waals surface area contributed by atoms with E-state index in [4.69, 9.17) is 0 Å². The normalized spacial score (nSPS) is 16.4. The number of hydrogen-bond acceptors (Lipinski definition) is 2. The minimum atomic E-state index is -4.27. The molecule has 3 rings (SSSR count). The third kappa shape index (κ3) is 4.29. The minimum absolute atomic E-state index is 0.396. The molecule has 2 aromatic carbocycles. The van der Waals surface area contributed by atoms with Crippen LogP contribution in [0.5, 0.6) is 0 Å². The Hall–Kier alpha value is -2.01. The summed E-state index contributed by atoms with van der Waals surface area (Å²) in [7, 11) is 0. The molecule has 0 unspecified atom stereocenters. The van der Waals surface area contributed by atoms with Crippen molar-refractivity contribution >= 4 is 5.69 Å². The van der Waals surface area contributed by atoms with Gasteiger partial charge in [-0.15, -0.1) is 0 Å². The second-order valence-electron chi connectivity index (χ2n) is 6.08. The molecule has 0 atom stereocenters. The van der Waals surface area contributed by atoms with Gasteiger partial charge >= 0.3 is 6.18 Å². The van der Waals surface area contributed by atoms with Crippen LogP contribution in [0.2, 0.25) is 0 Å². The summed E-state index contributed by atoms with van der Waals surface area (Å²) in [4.78, 5) is 2.32. The van der Waals surface area contributed by atoms with E-state index in [0.29, 0.717) is 12.6 Å². The molecular weight excluding hydrogens is 313 g/mol. The van der Waals surface area contributed by atoms with Gasteiger partial charge in [0.2, 0.25) is 0 Å². The fourth-order valence-electron chi connectivity index (χ4n) is 2.98. The summed E-state index contributed by atoms with van der Waals surface area (Å²) in [6, 6.07) is 17.0. The standard InChI is InChI=1S/C19H20F3N2/c20-19(21,22)16-8-6-15(7-9-16)14-23-17-10-12-24(13-11-17)18-4-2-1-3-5-18/h1-4,6-9,17,23H,10-14H2. The Morgan fingerprint density at radius 2 is 1.75 bits per heavy atom. The molecule has 1 radical (unpaired) electrons. The van der Waals surface area contributed by atoms with Crippen LogP contribution in [0.4, 0.5) is 18.9 Å². The maximum Gasteiger partial charge on any atom is 0.416 e. The molecule has 1 heterocycles. The lowest BCUT2D eigenvalue weighted by Gasteiger charge is -2.34. The number of halogens is 3. The van der Waals surface area contributed by atoms with Gasteiger partial charge in [0.05, 0.1) is 5.56 Å². The summed E-state index contributed by atoms with van der Waals surface area (Å²) >= 11 is 0. The summed E-state index contributed by atoms with van der Waals surface area (Å²) in [5.41, 5.74) is 1.40. The maximum atomic E-state index is 12.6. The van der Waals surface area contributed by atoms with E-state index >= 15 is 0 Å². The van der Waals surface area contributed by atoms with Crippen molar-refractivity contribution in [2.45, 2.75) is 31.6 Å². The molecule has 1 fully saturated rings. The van der Waals surface area contributed by atoms with Crippen molar-refractivity contribution in [2.24, 2.45) is 0 Å². The molecule has 127 valence electrons. The highest BCUT2D eigenvalue weighted by Gasteiger charge is 2.29. The van der Waals surface area contributed by atoms with Crippen LogP contribution in [0, 0.1) is 6.07 Å². The number of piperidine rings is 1. The summed E-state index contributed by atoms with van der Waals surface area (Å²) in [6.07, 6.45) is -2.24. The first kappa shape index (κ1) is 16.8. The monoisotopic (exact) mass is 333 g/mol. The summed E-state index contributed by atoms with van der Waals surface area (Å²) in [5, 5.41) is 3.45. The van der Waals surface area contributed by atoms with Gasteiger partial charge in [-0.25, -0.2) is 0 Å². The first-order valence-electron chi connectivity index (χ1n) is 8.13. The van der Waals surface area contributed by atoms with Crippen molar-refractivity contribution in [1.82, 2.24) is 5.32 Å². The van der Waals surface area contributed by atoms with E-state index in [1.807, 2.05) is 18.2 Å². The second kappa shape index (κ2) is 7.26. The summed E-state index contributed by atoms with van der Waals surface area (Å²) in [5.74, 6) is 0. The zero-order chi connectivity index (χ0) is 17.0. The Morgan fingerprint density at radius 1 is 1.04 bits per heavy atom. The van der Waals surface area contributed by atoms with Gasteiger partial charge in [0.25, 0.3) is 0 Å². The van der Waals surface area contributed by atoms with Crippen molar-refractivity contribution < 1.29 is 13.2 Å². The molecule has 2 nitrogen and oxygen atoms in total. The fourth-order valence-corrected chi connectivity index (χ4v) is 2.98. The molecule has 1 N–H and O–H groups in total. The predicted octanol–water partition coefficient (Wildman–Crippen LogP) is 4.26. The van der Waals surface area contributed by atoms with Crippen LogP contribution in [-0.2, 0) is 12.7 Å². The topological polar surface area (TPSA) is 15.3 Å². The zero-order valence-corrected chi connectivity index (χ0v) is 13.3. The number of para-hydroxylation sites is 1. The number of anilines is 1. The van der Waals surface area contributed by atoms with Gasteiger partial charge in [-0.2, -0.15) is 13.2 Å². The van der Waals surface area contributed by atoms with Crippen LogP contribution in [0.3, 0.4) is 0 Å². The van der Waals surface area contributed by atoms with Crippen molar-refractivity contribution in [2.75, 3.05) is 18.0 Å². The Balaban J connectivity index is 1.47. The quantitative estimate of drug-likeness (QED) is 0.899. The lowest BCUT2D eigenvalue weighted by molar-refractivity contribution is -0.137. The van der Waals surface area contributed by atoms with E-state index in [-0.39, 0.29) is 0 Å². The third-order valence-corrected chi connectivity index (χ3v) is 4.40. The largest absolute Gasteiger partial charge is 0.416 e.